The standard InChI is InChI=1S/C6H5N3OS.2ClH/c10-5-4-1-7-2-8-6(4)11-3-9-5;;/h1-2H,3H2,(H,9,10);2*1H. The van der Waals surface area contributed by atoms with Crippen molar-refractivity contribution in [3.8, 4) is 0 Å². The summed E-state index contributed by atoms with van der Waals surface area (Å²) in [5.74, 6) is 0.516. The molecule has 0 radical (unpaired) electrons. The van der Waals surface area contributed by atoms with E-state index in [1.54, 1.807) is 0 Å². The summed E-state index contributed by atoms with van der Waals surface area (Å²) in [6, 6.07) is 0. The van der Waals surface area contributed by atoms with Crippen molar-refractivity contribution in [1.29, 1.82) is 0 Å². The normalized spacial score (nSPS) is 13.1. The number of nitrogens with one attached hydrogen (secondary N) is 1. The fourth-order valence-corrected chi connectivity index (χ4v) is 1.62. The first kappa shape index (κ1) is 12.5. The molecule has 0 saturated carbocycles. The van der Waals surface area contributed by atoms with Crippen LogP contribution in [0, 0.1) is 0 Å². The van der Waals surface area contributed by atoms with E-state index >= 15 is 0 Å². The van der Waals surface area contributed by atoms with Crippen LogP contribution in [-0.4, -0.2) is 21.8 Å². The predicted octanol–water partition coefficient (Wildman–Crippen LogP) is 1.11. The van der Waals surface area contributed by atoms with E-state index in [2.05, 4.69) is 15.3 Å². The van der Waals surface area contributed by atoms with E-state index in [-0.39, 0.29) is 30.7 Å². The number of hydrogen-bond acceptors (Lipinski definition) is 4. The maximum Gasteiger partial charge on any atom is 0.256 e. The number of halogens is 2. The molecule has 72 valence electrons. The van der Waals surface area contributed by atoms with Gasteiger partial charge in [0.1, 0.15) is 11.4 Å². The summed E-state index contributed by atoms with van der Waals surface area (Å²) in [5.41, 5.74) is 0.573. The Hall–Kier alpha value is -0.520. The van der Waals surface area contributed by atoms with E-state index < -0.39 is 0 Å². The van der Waals surface area contributed by atoms with E-state index in [9.17, 15) is 4.79 Å². The average molecular weight is 240 g/mol. The molecule has 1 aliphatic rings. The first-order valence-corrected chi connectivity index (χ1v) is 4.07. The molecule has 0 bridgehead atoms. The van der Waals surface area contributed by atoms with Crippen LogP contribution in [0.1, 0.15) is 10.4 Å². The third-order valence-corrected chi connectivity index (χ3v) is 2.25. The van der Waals surface area contributed by atoms with Gasteiger partial charge in [0.25, 0.3) is 5.91 Å². The molecule has 0 aliphatic carbocycles. The van der Waals surface area contributed by atoms with Crippen molar-refractivity contribution in [3.63, 3.8) is 0 Å². The largest absolute Gasteiger partial charge is 0.342 e. The van der Waals surface area contributed by atoms with Crippen molar-refractivity contribution in [2.45, 2.75) is 5.03 Å². The summed E-state index contributed by atoms with van der Waals surface area (Å²) in [6.45, 7) is 0. The van der Waals surface area contributed by atoms with Gasteiger partial charge < -0.3 is 5.32 Å². The third kappa shape index (κ3) is 2.46. The molecule has 0 spiro atoms. The van der Waals surface area contributed by atoms with Crippen LogP contribution in [0.5, 0.6) is 0 Å². The summed E-state index contributed by atoms with van der Waals surface area (Å²) < 4.78 is 0. The molecule has 4 nitrogen and oxygen atoms in total. The molecule has 1 N–H and O–H groups in total. The lowest BCUT2D eigenvalue weighted by atomic mass is 10.3. The Morgan fingerprint density at radius 2 is 2.23 bits per heavy atom. The quantitative estimate of drug-likeness (QED) is 0.690. The summed E-state index contributed by atoms with van der Waals surface area (Å²) in [6.07, 6.45) is 2.98. The summed E-state index contributed by atoms with van der Waals surface area (Å²) in [4.78, 5) is 18.8. The summed E-state index contributed by atoms with van der Waals surface area (Å²) >= 11 is 1.51. The van der Waals surface area contributed by atoms with E-state index in [1.807, 2.05) is 0 Å². The van der Waals surface area contributed by atoms with Crippen LogP contribution in [0.3, 0.4) is 0 Å². The number of amides is 1. The van der Waals surface area contributed by atoms with Gasteiger partial charge in [0, 0.05) is 6.20 Å². The van der Waals surface area contributed by atoms with Gasteiger partial charge in [0.05, 0.1) is 11.4 Å². The Balaban J connectivity index is 0.000000720. The zero-order valence-corrected chi connectivity index (χ0v) is 8.84. The van der Waals surface area contributed by atoms with Crippen molar-refractivity contribution in [2.75, 3.05) is 5.88 Å². The Kier molecular flexibility index (Phi) is 5.05. The molecular weight excluding hydrogens is 233 g/mol. The number of fused-ring (bicyclic) bond motifs is 1. The number of nitrogens with zero attached hydrogens (tertiary/aromatic N) is 2. The number of carbonyl (C=O) groups excluding carboxylic acids is 1. The molecule has 1 amide bonds. The molecule has 2 heterocycles. The van der Waals surface area contributed by atoms with Gasteiger partial charge >= 0.3 is 0 Å². The number of carbonyl (C=O) groups is 1. The van der Waals surface area contributed by atoms with Gasteiger partial charge in [0.2, 0.25) is 0 Å². The molecule has 7 heteroatoms. The fourth-order valence-electron chi connectivity index (χ4n) is 0.854. The Morgan fingerprint density at radius 1 is 1.46 bits per heavy atom. The maximum atomic E-state index is 11.1. The van der Waals surface area contributed by atoms with Crippen LogP contribution in [0.2, 0.25) is 0 Å². The van der Waals surface area contributed by atoms with Gasteiger partial charge in [-0.15, -0.1) is 24.8 Å². The van der Waals surface area contributed by atoms with Gasteiger partial charge in [-0.05, 0) is 0 Å². The lowest BCUT2D eigenvalue weighted by molar-refractivity contribution is 0.0954. The van der Waals surface area contributed by atoms with Crippen LogP contribution in [-0.2, 0) is 0 Å². The van der Waals surface area contributed by atoms with Crippen molar-refractivity contribution in [2.24, 2.45) is 0 Å². The second-order valence-corrected chi connectivity index (χ2v) is 3.00. The van der Waals surface area contributed by atoms with Crippen LogP contribution < -0.4 is 5.32 Å². The van der Waals surface area contributed by atoms with E-state index in [0.717, 1.165) is 5.03 Å². The van der Waals surface area contributed by atoms with Crippen molar-refractivity contribution in [1.82, 2.24) is 15.3 Å². The van der Waals surface area contributed by atoms with Gasteiger partial charge in [-0.1, -0.05) is 11.8 Å². The second-order valence-electron chi connectivity index (χ2n) is 2.04. The third-order valence-electron chi connectivity index (χ3n) is 1.36. The molecular formula is C6H7Cl2N3OS. The first-order chi connectivity index (χ1) is 5.38. The highest BCUT2D eigenvalue weighted by atomic mass is 35.5. The SMILES string of the molecule is Cl.Cl.O=C1NCSc2ncncc21. The lowest BCUT2D eigenvalue weighted by Crippen LogP contribution is -2.27. The molecule has 0 saturated heterocycles. The van der Waals surface area contributed by atoms with E-state index in [4.69, 9.17) is 0 Å². The van der Waals surface area contributed by atoms with Crippen molar-refractivity contribution in [3.05, 3.63) is 18.1 Å². The highest BCUT2D eigenvalue weighted by Gasteiger charge is 2.17. The number of aromatic nitrogens is 2. The Bertz CT molecular complexity index is 310. The van der Waals surface area contributed by atoms with Gasteiger partial charge in [-0.2, -0.15) is 0 Å². The molecule has 2 rings (SSSR count). The second kappa shape index (κ2) is 5.26. The average Bonchev–Trinajstić information content (AvgIpc) is 2.06. The molecule has 0 fully saturated rings. The van der Waals surface area contributed by atoms with Crippen LogP contribution in [0.4, 0.5) is 0 Å². The first-order valence-electron chi connectivity index (χ1n) is 3.09. The molecule has 1 aromatic rings. The summed E-state index contributed by atoms with van der Waals surface area (Å²) in [5, 5.41) is 3.45. The van der Waals surface area contributed by atoms with E-state index in [1.165, 1.54) is 24.3 Å². The molecule has 0 atom stereocenters. The highest BCUT2D eigenvalue weighted by molar-refractivity contribution is 7.99. The molecule has 1 aromatic heterocycles. The molecule has 1 aliphatic heterocycles. The monoisotopic (exact) mass is 239 g/mol. The van der Waals surface area contributed by atoms with E-state index in [0.29, 0.717) is 11.4 Å². The zero-order valence-electron chi connectivity index (χ0n) is 6.39. The van der Waals surface area contributed by atoms with Gasteiger partial charge in [0.15, 0.2) is 0 Å². The minimum atomic E-state index is -0.0839. The lowest BCUT2D eigenvalue weighted by Gasteiger charge is -2.12. The maximum absolute atomic E-state index is 11.1. The smallest absolute Gasteiger partial charge is 0.256 e. The molecule has 0 aromatic carbocycles. The zero-order chi connectivity index (χ0) is 7.68. The molecule has 13 heavy (non-hydrogen) atoms. The number of hydrogen-bond donors (Lipinski definition) is 1. The van der Waals surface area contributed by atoms with Crippen LogP contribution in [0.25, 0.3) is 0 Å². The van der Waals surface area contributed by atoms with Gasteiger partial charge in [-0.3, -0.25) is 4.79 Å². The Morgan fingerprint density at radius 3 is 2.92 bits per heavy atom. The topological polar surface area (TPSA) is 54.9 Å². The van der Waals surface area contributed by atoms with Crippen LogP contribution >= 0.6 is 36.6 Å². The van der Waals surface area contributed by atoms with Crippen molar-refractivity contribution < 1.29 is 4.79 Å². The highest BCUT2D eigenvalue weighted by Crippen LogP contribution is 2.21. The minimum Gasteiger partial charge on any atom is -0.342 e. The fraction of sp³-hybridized carbons (Fsp3) is 0.167. The summed E-state index contributed by atoms with van der Waals surface area (Å²) in [7, 11) is 0. The van der Waals surface area contributed by atoms with Crippen molar-refractivity contribution >= 4 is 42.5 Å². The number of thioether (sulfide) groups is 1. The number of rotatable bonds is 0. The van der Waals surface area contributed by atoms with Crippen LogP contribution in [0.15, 0.2) is 17.6 Å². The molecule has 0 unspecified atom stereocenters. The predicted molar refractivity (Wildman–Crippen MR) is 54.7 cm³/mol. The van der Waals surface area contributed by atoms with Gasteiger partial charge in [-0.25, -0.2) is 9.97 Å². The minimum absolute atomic E-state index is 0. The Labute approximate surface area is 91.7 Å².